The molecule has 6 nitrogen and oxygen atoms in total. The van der Waals surface area contributed by atoms with Gasteiger partial charge in [-0.15, -0.1) is 5.48 Å². The molecule has 6 heteroatoms. The number of pyridine rings is 1. The molecular formula is C29H40N2O4. The van der Waals surface area contributed by atoms with Crippen molar-refractivity contribution in [3.63, 3.8) is 0 Å². The summed E-state index contributed by atoms with van der Waals surface area (Å²) < 4.78 is 9.82. The van der Waals surface area contributed by atoms with Crippen molar-refractivity contribution >= 4 is 11.7 Å². The highest BCUT2D eigenvalue weighted by Gasteiger charge is 2.57. The van der Waals surface area contributed by atoms with Gasteiger partial charge in [0.2, 0.25) is 0 Å². The fourth-order valence-corrected chi connectivity index (χ4v) is 7.94. The zero-order chi connectivity index (χ0) is 24.5. The van der Waals surface area contributed by atoms with E-state index in [2.05, 4.69) is 48.6 Å². The molecule has 0 radical (unpaired) electrons. The van der Waals surface area contributed by atoms with E-state index in [-0.39, 0.29) is 12.0 Å². The first kappa shape index (κ1) is 24.5. The number of ether oxygens (including phenoxy) is 2. The molecule has 4 aliphatic carbocycles. The van der Waals surface area contributed by atoms with E-state index in [1.165, 1.54) is 49.7 Å². The molecule has 0 saturated heterocycles. The lowest BCUT2D eigenvalue weighted by atomic mass is 9.46. The predicted octanol–water partition coefficient (Wildman–Crippen LogP) is 5.96. The Morgan fingerprint density at radius 3 is 2.80 bits per heavy atom. The normalized spacial score (nSPS) is 35.7. The van der Waals surface area contributed by atoms with Crippen LogP contribution < -0.4 is 5.48 Å². The number of hydroxylamine groups is 1. The molecule has 5 rings (SSSR count). The predicted molar refractivity (Wildman–Crippen MR) is 135 cm³/mol. The fraction of sp³-hybridized carbons (Fsp3) is 0.655. The van der Waals surface area contributed by atoms with E-state index in [1.54, 1.807) is 12.7 Å². The molecule has 1 aromatic rings. The molecule has 6 atom stereocenters. The average Bonchev–Trinajstić information content (AvgIpc) is 3.22. The van der Waals surface area contributed by atoms with Crippen LogP contribution >= 0.6 is 0 Å². The van der Waals surface area contributed by atoms with Crippen molar-refractivity contribution in [2.45, 2.75) is 58.8 Å². The van der Waals surface area contributed by atoms with Crippen LogP contribution in [0.25, 0.3) is 5.57 Å². The molecule has 4 aliphatic rings. The Morgan fingerprint density at radius 1 is 1.14 bits per heavy atom. The van der Waals surface area contributed by atoms with Crippen molar-refractivity contribution in [1.29, 1.82) is 0 Å². The molecule has 0 aromatic carbocycles. The van der Waals surface area contributed by atoms with Gasteiger partial charge in [-0.3, -0.25) is 4.98 Å². The SMILES string of the molecule is COCCOC(=O)ONCC1C=C2CC[C@H]3[C@H](CC[C@]4(C)C(c5cccnc5)=CC[C@@H]34)[C@@]2(C)CC1. The van der Waals surface area contributed by atoms with Crippen molar-refractivity contribution in [3.05, 3.63) is 47.8 Å². The van der Waals surface area contributed by atoms with Gasteiger partial charge in [0.15, 0.2) is 0 Å². The van der Waals surface area contributed by atoms with Gasteiger partial charge >= 0.3 is 6.16 Å². The van der Waals surface area contributed by atoms with Crippen molar-refractivity contribution in [2.24, 2.45) is 34.5 Å². The molecule has 35 heavy (non-hydrogen) atoms. The Balaban J connectivity index is 1.22. The summed E-state index contributed by atoms with van der Waals surface area (Å²) in [4.78, 5) is 21.1. The van der Waals surface area contributed by atoms with Crippen molar-refractivity contribution < 1.29 is 19.1 Å². The van der Waals surface area contributed by atoms with E-state index in [9.17, 15) is 4.79 Å². The number of methoxy groups -OCH3 is 1. The molecule has 0 aliphatic heterocycles. The summed E-state index contributed by atoms with van der Waals surface area (Å²) in [6.07, 6.45) is 16.9. The monoisotopic (exact) mass is 480 g/mol. The lowest BCUT2D eigenvalue weighted by molar-refractivity contribution is -0.0264. The number of aromatic nitrogens is 1. The minimum Gasteiger partial charge on any atom is -0.431 e. The van der Waals surface area contributed by atoms with Gasteiger partial charge in [-0.05, 0) is 96.7 Å². The van der Waals surface area contributed by atoms with E-state index >= 15 is 0 Å². The van der Waals surface area contributed by atoms with Gasteiger partial charge in [-0.1, -0.05) is 37.6 Å². The summed E-state index contributed by atoms with van der Waals surface area (Å²) in [5, 5.41) is 0. The molecule has 0 spiro atoms. The minimum atomic E-state index is -0.697. The number of rotatable bonds is 7. The number of carbonyl (C=O) groups is 1. The molecule has 2 saturated carbocycles. The van der Waals surface area contributed by atoms with E-state index < -0.39 is 6.16 Å². The first-order valence-corrected chi connectivity index (χ1v) is 13.3. The molecule has 0 bridgehead atoms. The number of fused-ring (bicyclic) bond motifs is 5. The number of nitrogens with one attached hydrogen (secondary N) is 1. The first-order valence-electron chi connectivity index (χ1n) is 13.3. The second-order valence-corrected chi connectivity index (χ2v) is 11.4. The maximum atomic E-state index is 11.6. The van der Waals surface area contributed by atoms with Gasteiger partial charge in [0.25, 0.3) is 0 Å². The Hall–Kier alpha value is -2.18. The lowest BCUT2D eigenvalue weighted by Crippen LogP contribution is -2.50. The molecule has 0 amide bonds. The number of carbonyl (C=O) groups excluding carboxylic acids is 1. The highest BCUT2D eigenvalue weighted by atomic mass is 16.8. The molecule has 2 fully saturated rings. The summed E-state index contributed by atoms with van der Waals surface area (Å²) >= 11 is 0. The largest absolute Gasteiger partial charge is 0.527 e. The second-order valence-electron chi connectivity index (χ2n) is 11.4. The van der Waals surface area contributed by atoms with Gasteiger partial charge in [-0.2, -0.15) is 0 Å². The Bertz CT molecular complexity index is 976. The zero-order valence-electron chi connectivity index (χ0n) is 21.4. The smallest absolute Gasteiger partial charge is 0.431 e. The minimum absolute atomic E-state index is 0.199. The maximum absolute atomic E-state index is 11.6. The van der Waals surface area contributed by atoms with E-state index in [4.69, 9.17) is 14.3 Å². The van der Waals surface area contributed by atoms with Gasteiger partial charge in [0.1, 0.15) is 6.61 Å². The molecule has 190 valence electrons. The van der Waals surface area contributed by atoms with Crippen molar-refractivity contribution in [2.75, 3.05) is 26.9 Å². The van der Waals surface area contributed by atoms with Crippen molar-refractivity contribution in [1.82, 2.24) is 10.5 Å². The third-order valence-corrected chi connectivity index (χ3v) is 9.77. The van der Waals surface area contributed by atoms with Crippen LogP contribution in [0.5, 0.6) is 0 Å². The zero-order valence-corrected chi connectivity index (χ0v) is 21.4. The number of hydrogen-bond donors (Lipinski definition) is 1. The van der Waals surface area contributed by atoms with Crippen LogP contribution in [-0.2, 0) is 14.3 Å². The van der Waals surface area contributed by atoms with Crippen LogP contribution in [0, 0.1) is 34.5 Å². The quantitative estimate of drug-likeness (QED) is 0.225. The van der Waals surface area contributed by atoms with Gasteiger partial charge < -0.3 is 14.3 Å². The summed E-state index contributed by atoms with van der Waals surface area (Å²) in [6, 6.07) is 4.31. The van der Waals surface area contributed by atoms with Crippen molar-refractivity contribution in [3.8, 4) is 0 Å². The molecule has 1 heterocycles. The van der Waals surface area contributed by atoms with Crippen LogP contribution in [-0.4, -0.2) is 38.0 Å². The molecular weight excluding hydrogens is 440 g/mol. The lowest BCUT2D eigenvalue weighted by Gasteiger charge is -2.58. The number of hydrogen-bond acceptors (Lipinski definition) is 6. The van der Waals surface area contributed by atoms with E-state index in [0.717, 1.165) is 24.2 Å². The Morgan fingerprint density at radius 2 is 2.00 bits per heavy atom. The summed E-state index contributed by atoms with van der Waals surface area (Å²) in [5.74, 6) is 2.69. The van der Waals surface area contributed by atoms with Crippen LogP contribution in [0.2, 0.25) is 0 Å². The van der Waals surface area contributed by atoms with E-state index in [0.29, 0.717) is 24.5 Å². The maximum Gasteiger partial charge on any atom is 0.527 e. The van der Waals surface area contributed by atoms with Crippen LogP contribution in [0.3, 0.4) is 0 Å². The molecule has 1 aromatic heterocycles. The Kier molecular flexibility index (Phi) is 7.04. The third-order valence-electron chi connectivity index (χ3n) is 9.77. The highest BCUT2D eigenvalue weighted by Crippen LogP contribution is 2.66. The highest BCUT2D eigenvalue weighted by molar-refractivity contribution is 5.72. The summed E-state index contributed by atoms with van der Waals surface area (Å²) in [6.45, 7) is 6.26. The Labute approximate surface area is 209 Å². The first-order chi connectivity index (χ1) is 17.0. The van der Waals surface area contributed by atoms with Gasteiger partial charge in [0.05, 0.1) is 6.61 Å². The fourth-order valence-electron chi connectivity index (χ4n) is 7.94. The van der Waals surface area contributed by atoms with E-state index in [1.807, 2.05) is 12.4 Å². The van der Waals surface area contributed by atoms with Crippen LogP contribution in [0.15, 0.2) is 42.3 Å². The topological polar surface area (TPSA) is 69.7 Å². The number of nitrogens with zero attached hydrogens (tertiary/aromatic N) is 1. The van der Waals surface area contributed by atoms with Crippen LogP contribution in [0.1, 0.15) is 64.4 Å². The number of allylic oxidation sites excluding steroid dienone is 3. The summed E-state index contributed by atoms with van der Waals surface area (Å²) in [5.41, 5.74) is 7.90. The third kappa shape index (κ3) is 4.55. The van der Waals surface area contributed by atoms with Gasteiger partial charge in [0, 0.05) is 26.0 Å². The molecule has 1 unspecified atom stereocenters. The average molecular weight is 481 g/mol. The summed E-state index contributed by atoms with van der Waals surface area (Å²) in [7, 11) is 1.57. The standard InChI is InChI=1S/C29H40N2O4/c1-28-12-10-20(18-31-35-27(32)34-16-15-33-3)17-22(28)6-7-23-25-9-8-24(21-5-4-14-30-19-21)29(25,2)13-11-26(23)28/h4-5,8,14,17,19-20,23,25-26,31H,6-7,9-13,15-16,18H2,1-3H3/t20?,23-,25+,26+,28+,29-/m1/s1. The molecule has 1 N–H and O–H groups in total. The second kappa shape index (κ2) is 10.1. The van der Waals surface area contributed by atoms with Crippen LogP contribution in [0.4, 0.5) is 4.79 Å². The van der Waals surface area contributed by atoms with Gasteiger partial charge in [-0.25, -0.2) is 4.79 Å².